The van der Waals surface area contributed by atoms with Crippen molar-refractivity contribution in [1.82, 2.24) is 0 Å². The van der Waals surface area contributed by atoms with Crippen LogP contribution in [0.5, 0.6) is 0 Å². The maximum Gasteiger partial charge on any atom is 0.339 e. The van der Waals surface area contributed by atoms with Gasteiger partial charge in [0.05, 0.1) is 5.60 Å². The van der Waals surface area contributed by atoms with Crippen LogP contribution in [0.1, 0.15) is 59.3 Å². The Hall–Kier alpha value is -1.05. The summed E-state index contributed by atoms with van der Waals surface area (Å²) in [5.74, 6) is 3.35. The first-order valence-electron chi connectivity index (χ1n) is 9.49. The third kappa shape index (κ3) is 4.77. The fourth-order valence-corrected chi connectivity index (χ4v) is 4.51. The van der Waals surface area contributed by atoms with E-state index in [1.54, 1.807) is 0 Å². The van der Waals surface area contributed by atoms with E-state index < -0.39 is 24.9 Å². The SMILES string of the molecule is C=C[C@@]12CCCC[C@@H]1C[C@](CC#C[Si](C)(C)C)(C(=O)OC(C)(C)C)O2. The van der Waals surface area contributed by atoms with Crippen LogP contribution in [0.4, 0.5) is 0 Å². The molecule has 0 bridgehead atoms. The molecule has 1 aliphatic heterocycles. The van der Waals surface area contributed by atoms with Crippen LogP contribution in [0.2, 0.25) is 19.6 Å². The predicted octanol–water partition coefficient (Wildman–Crippen LogP) is 4.87. The van der Waals surface area contributed by atoms with Crippen molar-refractivity contribution in [3.05, 3.63) is 12.7 Å². The van der Waals surface area contributed by atoms with E-state index in [0.717, 1.165) is 19.3 Å². The van der Waals surface area contributed by atoms with Gasteiger partial charge < -0.3 is 9.47 Å². The molecule has 4 heteroatoms. The second-order valence-corrected chi connectivity index (χ2v) is 14.4. The van der Waals surface area contributed by atoms with Gasteiger partial charge in [-0.1, -0.05) is 38.6 Å². The first kappa shape index (κ1) is 20.3. The summed E-state index contributed by atoms with van der Waals surface area (Å²) in [5.41, 5.74) is 1.50. The Labute approximate surface area is 154 Å². The Morgan fingerprint density at radius 3 is 2.56 bits per heavy atom. The summed E-state index contributed by atoms with van der Waals surface area (Å²) in [6, 6.07) is 0. The summed E-state index contributed by atoms with van der Waals surface area (Å²) in [6.07, 6.45) is 7.36. The lowest BCUT2D eigenvalue weighted by molar-refractivity contribution is -0.187. The molecule has 0 amide bonds. The van der Waals surface area contributed by atoms with Gasteiger partial charge >= 0.3 is 5.97 Å². The number of carbonyl (C=O) groups is 1. The molecule has 0 aromatic heterocycles. The summed E-state index contributed by atoms with van der Waals surface area (Å²) >= 11 is 0. The van der Waals surface area contributed by atoms with Gasteiger partial charge in [0.1, 0.15) is 13.7 Å². The fourth-order valence-electron chi connectivity index (χ4n) is 3.89. The van der Waals surface area contributed by atoms with Gasteiger partial charge in [-0.05, 0) is 46.0 Å². The highest BCUT2D eigenvalue weighted by molar-refractivity contribution is 6.83. The van der Waals surface area contributed by atoms with Gasteiger partial charge in [-0.25, -0.2) is 4.79 Å². The molecule has 2 aliphatic rings. The molecule has 2 rings (SSSR count). The fraction of sp³-hybridized carbons (Fsp3) is 0.762. The van der Waals surface area contributed by atoms with Crippen molar-refractivity contribution in [1.29, 1.82) is 0 Å². The molecule has 140 valence electrons. The highest BCUT2D eigenvalue weighted by Crippen LogP contribution is 2.52. The number of hydrogen-bond acceptors (Lipinski definition) is 3. The Morgan fingerprint density at radius 2 is 2.04 bits per heavy atom. The Morgan fingerprint density at radius 1 is 1.36 bits per heavy atom. The van der Waals surface area contributed by atoms with E-state index in [0.29, 0.717) is 18.8 Å². The van der Waals surface area contributed by atoms with Gasteiger partial charge in [0.15, 0.2) is 5.60 Å². The monoisotopic (exact) mass is 362 g/mol. The molecule has 1 saturated heterocycles. The Kier molecular flexibility index (Phi) is 5.61. The lowest BCUT2D eigenvalue weighted by atomic mass is 9.74. The molecule has 0 unspecified atom stereocenters. The molecule has 1 heterocycles. The van der Waals surface area contributed by atoms with Crippen molar-refractivity contribution in [2.45, 2.75) is 95.7 Å². The van der Waals surface area contributed by atoms with Crippen LogP contribution >= 0.6 is 0 Å². The minimum absolute atomic E-state index is 0.263. The molecule has 1 saturated carbocycles. The van der Waals surface area contributed by atoms with E-state index in [4.69, 9.17) is 9.47 Å². The predicted molar refractivity (Wildman–Crippen MR) is 105 cm³/mol. The zero-order valence-corrected chi connectivity index (χ0v) is 17.8. The van der Waals surface area contributed by atoms with Crippen LogP contribution in [0, 0.1) is 17.4 Å². The van der Waals surface area contributed by atoms with Crippen molar-refractivity contribution in [2.24, 2.45) is 5.92 Å². The smallest absolute Gasteiger partial charge is 0.339 e. The molecule has 0 radical (unpaired) electrons. The largest absolute Gasteiger partial charge is 0.458 e. The number of carbonyl (C=O) groups excluding carboxylic acids is 1. The van der Waals surface area contributed by atoms with Gasteiger partial charge in [0.25, 0.3) is 0 Å². The van der Waals surface area contributed by atoms with Crippen LogP contribution in [0.15, 0.2) is 12.7 Å². The third-order valence-corrected chi connectivity index (χ3v) is 5.90. The molecular formula is C21H34O3Si. The molecule has 1 aliphatic carbocycles. The van der Waals surface area contributed by atoms with E-state index in [-0.39, 0.29) is 5.97 Å². The average molecular weight is 363 g/mol. The summed E-state index contributed by atoms with van der Waals surface area (Å²) in [6.45, 7) is 16.4. The highest BCUT2D eigenvalue weighted by atomic mass is 28.3. The zero-order chi connectivity index (χ0) is 18.9. The molecule has 3 nitrogen and oxygen atoms in total. The van der Waals surface area contributed by atoms with Crippen LogP contribution in [0.25, 0.3) is 0 Å². The van der Waals surface area contributed by atoms with Crippen molar-refractivity contribution < 1.29 is 14.3 Å². The van der Waals surface area contributed by atoms with Crippen molar-refractivity contribution in [3.63, 3.8) is 0 Å². The maximum atomic E-state index is 13.1. The zero-order valence-electron chi connectivity index (χ0n) is 16.8. The van der Waals surface area contributed by atoms with Crippen molar-refractivity contribution >= 4 is 14.0 Å². The number of ether oxygens (including phenoxy) is 2. The van der Waals surface area contributed by atoms with Crippen molar-refractivity contribution in [3.8, 4) is 11.5 Å². The normalized spacial score (nSPS) is 32.3. The van der Waals surface area contributed by atoms with E-state index in [1.165, 1.54) is 6.42 Å². The van der Waals surface area contributed by atoms with E-state index >= 15 is 0 Å². The van der Waals surface area contributed by atoms with E-state index in [9.17, 15) is 4.79 Å². The van der Waals surface area contributed by atoms with Crippen LogP contribution < -0.4 is 0 Å². The van der Waals surface area contributed by atoms with Gasteiger partial charge in [0.2, 0.25) is 0 Å². The number of esters is 1. The average Bonchev–Trinajstić information content (AvgIpc) is 2.80. The summed E-state index contributed by atoms with van der Waals surface area (Å²) in [4.78, 5) is 13.1. The molecule has 0 N–H and O–H groups in total. The first-order chi connectivity index (χ1) is 11.4. The number of hydrogen-bond donors (Lipinski definition) is 0. The second-order valence-electron chi connectivity index (χ2n) is 9.63. The third-order valence-electron chi connectivity index (χ3n) is 4.98. The number of fused-ring (bicyclic) bond motifs is 1. The number of rotatable bonds is 3. The summed E-state index contributed by atoms with van der Waals surface area (Å²) in [7, 11) is -1.50. The minimum atomic E-state index is -1.50. The Bertz CT molecular complexity index is 587. The quantitative estimate of drug-likeness (QED) is 0.311. The molecule has 0 aromatic rings. The van der Waals surface area contributed by atoms with Crippen LogP contribution in [-0.2, 0) is 14.3 Å². The molecule has 25 heavy (non-hydrogen) atoms. The van der Waals surface area contributed by atoms with Crippen LogP contribution in [0.3, 0.4) is 0 Å². The lowest BCUT2D eigenvalue weighted by Gasteiger charge is -2.37. The first-order valence-corrected chi connectivity index (χ1v) is 13.0. The van der Waals surface area contributed by atoms with E-state index in [2.05, 4.69) is 37.7 Å². The molecule has 2 fully saturated rings. The topological polar surface area (TPSA) is 35.5 Å². The lowest BCUT2D eigenvalue weighted by Crippen LogP contribution is -2.45. The molecule has 0 spiro atoms. The van der Waals surface area contributed by atoms with Gasteiger partial charge in [-0.3, -0.25) is 0 Å². The summed E-state index contributed by atoms with van der Waals surface area (Å²) in [5, 5.41) is 0. The molecular weight excluding hydrogens is 328 g/mol. The van der Waals surface area contributed by atoms with Gasteiger partial charge in [-0.15, -0.1) is 18.0 Å². The molecule has 3 atom stereocenters. The Balaban J connectivity index is 2.34. The summed E-state index contributed by atoms with van der Waals surface area (Å²) < 4.78 is 12.3. The minimum Gasteiger partial charge on any atom is -0.458 e. The standard InChI is InChI=1S/C21H34O3Si/c1-8-20-13-10-9-12-17(20)16-21(24-20,14-11-15-25(5,6)7)18(22)23-19(2,3)4/h8,17H,1,9-10,12-14,16H2,2-7H3/t17-,20-,21-/m1/s1. The van der Waals surface area contributed by atoms with Crippen LogP contribution in [-0.4, -0.2) is 30.8 Å². The van der Waals surface area contributed by atoms with Gasteiger partial charge in [-0.2, -0.15) is 0 Å². The maximum absolute atomic E-state index is 13.1. The second kappa shape index (κ2) is 6.93. The highest BCUT2D eigenvalue weighted by Gasteiger charge is 2.59. The van der Waals surface area contributed by atoms with Crippen molar-refractivity contribution in [2.75, 3.05) is 0 Å². The van der Waals surface area contributed by atoms with Gasteiger partial charge in [0, 0.05) is 6.42 Å². The molecule has 0 aromatic carbocycles. The van der Waals surface area contributed by atoms with E-state index in [1.807, 2.05) is 26.8 Å².